The van der Waals surface area contributed by atoms with E-state index in [-0.39, 0.29) is 11.7 Å². The van der Waals surface area contributed by atoms with Crippen LogP contribution in [0.5, 0.6) is 5.75 Å². The fourth-order valence-electron chi connectivity index (χ4n) is 3.25. The second-order valence-corrected chi connectivity index (χ2v) is 6.10. The molecule has 4 rings (SSSR count). The topological polar surface area (TPSA) is 71.3 Å². The molecule has 0 unspecified atom stereocenters. The zero-order valence-electron chi connectivity index (χ0n) is 13.6. The molecule has 0 spiro atoms. The van der Waals surface area contributed by atoms with Crippen LogP contribution in [0.15, 0.2) is 59.5 Å². The molecule has 0 atom stereocenters. The van der Waals surface area contributed by atoms with Gasteiger partial charge in [0.25, 0.3) is 5.91 Å². The average Bonchev–Trinajstić information content (AvgIpc) is 3.00. The van der Waals surface area contributed by atoms with Crippen molar-refractivity contribution < 1.29 is 9.90 Å². The van der Waals surface area contributed by atoms with Gasteiger partial charge in [0.1, 0.15) is 0 Å². The summed E-state index contributed by atoms with van der Waals surface area (Å²) in [5.41, 5.74) is 4.85. The van der Waals surface area contributed by atoms with E-state index in [2.05, 4.69) is 5.32 Å². The van der Waals surface area contributed by atoms with Crippen molar-refractivity contribution in [3.63, 3.8) is 0 Å². The van der Waals surface area contributed by atoms with E-state index >= 15 is 0 Å². The Morgan fingerprint density at radius 1 is 1.04 bits per heavy atom. The summed E-state index contributed by atoms with van der Waals surface area (Å²) in [6, 6.07) is 14.9. The van der Waals surface area contributed by atoms with Crippen molar-refractivity contribution in [1.82, 2.24) is 9.88 Å². The van der Waals surface area contributed by atoms with Crippen molar-refractivity contribution >= 4 is 5.91 Å². The molecule has 0 saturated carbocycles. The lowest BCUT2D eigenvalue weighted by Gasteiger charge is -2.13. The molecule has 25 heavy (non-hydrogen) atoms. The number of amides is 1. The first-order chi connectivity index (χ1) is 12.0. The third-order valence-corrected chi connectivity index (χ3v) is 4.51. The van der Waals surface area contributed by atoms with Crippen LogP contribution in [0.2, 0.25) is 0 Å². The van der Waals surface area contributed by atoms with Gasteiger partial charge in [-0.15, -0.1) is 0 Å². The molecule has 0 fully saturated rings. The molecule has 3 aromatic rings. The van der Waals surface area contributed by atoms with Crippen LogP contribution < -0.4 is 10.7 Å². The SMILES string of the molecule is Cc1cc(=O)c(O)cn1-c1cccc(-c2cccc3c2CNC3=O)c1. The molecule has 1 aliphatic rings. The van der Waals surface area contributed by atoms with E-state index < -0.39 is 5.43 Å². The predicted octanol–water partition coefficient (Wildman–Crippen LogP) is 2.76. The van der Waals surface area contributed by atoms with Crippen LogP contribution in [0.4, 0.5) is 0 Å². The van der Waals surface area contributed by atoms with Gasteiger partial charge < -0.3 is 15.0 Å². The van der Waals surface area contributed by atoms with Gasteiger partial charge in [0.2, 0.25) is 5.43 Å². The Labute approximate surface area is 144 Å². The summed E-state index contributed by atoms with van der Waals surface area (Å²) in [4.78, 5) is 23.4. The summed E-state index contributed by atoms with van der Waals surface area (Å²) < 4.78 is 1.77. The first kappa shape index (κ1) is 15.2. The molecule has 2 aromatic carbocycles. The number of hydrogen-bond donors (Lipinski definition) is 2. The fraction of sp³-hybridized carbons (Fsp3) is 0.100. The van der Waals surface area contributed by atoms with Crippen molar-refractivity contribution in [2.75, 3.05) is 0 Å². The molecule has 0 bridgehead atoms. The minimum atomic E-state index is -0.393. The molecular weight excluding hydrogens is 316 g/mol. The maximum absolute atomic E-state index is 11.9. The summed E-state index contributed by atoms with van der Waals surface area (Å²) >= 11 is 0. The average molecular weight is 332 g/mol. The van der Waals surface area contributed by atoms with E-state index in [0.29, 0.717) is 12.1 Å². The zero-order valence-corrected chi connectivity index (χ0v) is 13.6. The van der Waals surface area contributed by atoms with Gasteiger partial charge in [0.15, 0.2) is 5.75 Å². The van der Waals surface area contributed by atoms with Crippen molar-refractivity contribution in [3.05, 3.63) is 81.8 Å². The Morgan fingerprint density at radius 3 is 2.64 bits per heavy atom. The van der Waals surface area contributed by atoms with E-state index in [0.717, 1.165) is 28.1 Å². The van der Waals surface area contributed by atoms with Crippen LogP contribution in [0.25, 0.3) is 16.8 Å². The minimum absolute atomic E-state index is 0.0471. The maximum Gasteiger partial charge on any atom is 0.251 e. The van der Waals surface area contributed by atoms with Crippen molar-refractivity contribution in [3.8, 4) is 22.6 Å². The van der Waals surface area contributed by atoms with Crippen molar-refractivity contribution in [2.45, 2.75) is 13.5 Å². The number of aryl methyl sites for hydroxylation is 1. The quantitative estimate of drug-likeness (QED) is 0.758. The van der Waals surface area contributed by atoms with Crippen LogP contribution in [0.3, 0.4) is 0 Å². The summed E-state index contributed by atoms with van der Waals surface area (Å²) in [6.45, 7) is 2.34. The number of aromatic nitrogens is 1. The molecule has 2 N–H and O–H groups in total. The molecule has 1 aromatic heterocycles. The largest absolute Gasteiger partial charge is 0.503 e. The fourth-order valence-corrected chi connectivity index (χ4v) is 3.25. The molecular formula is C20H16N2O3. The third-order valence-electron chi connectivity index (χ3n) is 4.51. The predicted molar refractivity (Wildman–Crippen MR) is 95.0 cm³/mol. The highest BCUT2D eigenvalue weighted by molar-refractivity contribution is 6.00. The minimum Gasteiger partial charge on any atom is -0.503 e. The number of nitrogens with zero attached hydrogens (tertiary/aromatic N) is 1. The van der Waals surface area contributed by atoms with Crippen molar-refractivity contribution in [2.24, 2.45) is 0 Å². The van der Waals surface area contributed by atoms with E-state index in [1.165, 1.54) is 12.3 Å². The highest BCUT2D eigenvalue weighted by atomic mass is 16.3. The molecule has 0 aliphatic carbocycles. The van der Waals surface area contributed by atoms with E-state index in [4.69, 9.17) is 0 Å². The lowest BCUT2D eigenvalue weighted by molar-refractivity contribution is 0.0965. The maximum atomic E-state index is 11.9. The first-order valence-electron chi connectivity index (χ1n) is 7.98. The number of hydrogen-bond acceptors (Lipinski definition) is 3. The van der Waals surface area contributed by atoms with E-state index in [1.807, 2.05) is 49.4 Å². The van der Waals surface area contributed by atoms with Gasteiger partial charge in [-0.1, -0.05) is 24.3 Å². The van der Waals surface area contributed by atoms with Gasteiger partial charge in [-0.05, 0) is 41.8 Å². The number of carbonyl (C=O) groups is 1. The van der Waals surface area contributed by atoms with E-state index in [1.54, 1.807) is 4.57 Å². The molecule has 1 amide bonds. The van der Waals surface area contributed by atoms with Gasteiger partial charge in [0, 0.05) is 29.6 Å². The molecule has 1 aliphatic heterocycles. The van der Waals surface area contributed by atoms with E-state index in [9.17, 15) is 14.7 Å². The summed E-state index contributed by atoms with van der Waals surface area (Å²) in [5, 5.41) is 12.6. The van der Waals surface area contributed by atoms with Gasteiger partial charge in [-0.25, -0.2) is 0 Å². The zero-order chi connectivity index (χ0) is 17.6. The normalized spacial score (nSPS) is 12.8. The summed E-state index contributed by atoms with van der Waals surface area (Å²) in [5.74, 6) is -0.333. The van der Waals surface area contributed by atoms with Gasteiger partial charge >= 0.3 is 0 Å². The van der Waals surface area contributed by atoms with Gasteiger partial charge in [0.05, 0.1) is 6.20 Å². The first-order valence-corrected chi connectivity index (χ1v) is 7.98. The molecule has 2 heterocycles. The second-order valence-electron chi connectivity index (χ2n) is 6.10. The Hall–Kier alpha value is -3.34. The number of carbonyl (C=O) groups excluding carboxylic acids is 1. The standard InChI is InChI=1S/C20H16N2O3/c1-12-8-18(23)19(24)11-22(12)14-5-2-4-13(9-14)15-6-3-7-16-17(15)10-21-20(16)25/h2-9,11,24H,10H2,1H3,(H,21,25). The van der Waals surface area contributed by atoms with Crippen LogP contribution in [0, 0.1) is 6.92 Å². The second kappa shape index (κ2) is 5.63. The van der Waals surface area contributed by atoms with Crippen LogP contribution in [-0.2, 0) is 6.54 Å². The summed E-state index contributed by atoms with van der Waals surface area (Å²) in [7, 11) is 0. The van der Waals surface area contributed by atoms with Crippen LogP contribution in [-0.4, -0.2) is 15.6 Å². The molecule has 5 heteroatoms. The van der Waals surface area contributed by atoms with Crippen LogP contribution in [0.1, 0.15) is 21.6 Å². The molecule has 0 radical (unpaired) electrons. The number of benzene rings is 2. The summed E-state index contributed by atoms with van der Waals surface area (Å²) in [6.07, 6.45) is 1.43. The smallest absolute Gasteiger partial charge is 0.251 e. The third kappa shape index (κ3) is 2.50. The van der Waals surface area contributed by atoms with Gasteiger partial charge in [-0.2, -0.15) is 0 Å². The Kier molecular flexibility index (Phi) is 3.42. The van der Waals surface area contributed by atoms with Crippen LogP contribution >= 0.6 is 0 Å². The highest BCUT2D eigenvalue weighted by Gasteiger charge is 2.21. The lowest BCUT2D eigenvalue weighted by atomic mass is 9.96. The number of aromatic hydroxyl groups is 1. The Bertz CT molecular complexity index is 1070. The monoisotopic (exact) mass is 332 g/mol. The number of rotatable bonds is 2. The Morgan fingerprint density at radius 2 is 1.80 bits per heavy atom. The molecule has 5 nitrogen and oxygen atoms in total. The molecule has 0 saturated heterocycles. The lowest BCUT2D eigenvalue weighted by Crippen LogP contribution is -2.12. The van der Waals surface area contributed by atoms with Gasteiger partial charge in [-0.3, -0.25) is 9.59 Å². The number of fused-ring (bicyclic) bond motifs is 1. The van der Waals surface area contributed by atoms with Crippen molar-refractivity contribution in [1.29, 1.82) is 0 Å². The Balaban J connectivity index is 1.86. The number of pyridine rings is 1. The highest BCUT2D eigenvalue weighted by Crippen LogP contribution is 2.30. The number of nitrogens with one attached hydrogen (secondary N) is 1. The molecule has 124 valence electrons.